The molecule has 0 aliphatic carbocycles. The zero-order valence-corrected chi connectivity index (χ0v) is 10.4. The van der Waals surface area contributed by atoms with Gasteiger partial charge in [0.15, 0.2) is 0 Å². The van der Waals surface area contributed by atoms with E-state index in [-0.39, 0.29) is 17.7 Å². The lowest BCUT2D eigenvalue weighted by molar-refractivity contribution is 0.512. The van der Waals surface area contributed by atoms with Gasteiger partial charge in [-0.1, -0.05) is 13.8 Å². The third-order valence-electron chi connectivity index (χ3n) is 2.47. The highest BCUT2D eigenvalue weighted by atomic mass is 32.2. The fraction of sp³-hybridized carbons (Fsp3) is 1.00. The van der Waals surface area contributed by atoms with Crippen LogP contribution in [-0.4, -0.2) is 33.3 Å². The van der Waals surface area contributed by atoms with Crippen LogP contribution < -0.4 is 10.0 Å². The molecule has 1 atom stereocenters. The van der Waals surface area contributed by atoms with Crippen molar-refractivity contribution < 1.29 is 8.42 Å². The third kappa shape index (κ3) is 5.49. The molecule has 0 aromatic carbocycles. The van der Waals surface area contributed by atoms with Gasteiger partial charge in [-0.15, -0.1) is 0 Å². The van der Waals surface area contributed by atoms with Crippen LogP contribution in [0.4, 0.5) is 0 Å². The summed E-state index contributed by atoms with van der Waals surface area (Å²) in [5, 5.41) is 3.27. The average Bonchev–Trinajstić information content (AvgIpc) is 2.29. The quantitative estimate of drug-likeness (QED) is 0.753. The summed E-state index contributed by atoms with van der Waals surface area (Å²) in [6, 6.07) is 0.128. The van der Waals surface area contributed by atoms with Gasteiger partial charge in [0.25, 0.3) is 0 Å². The molecular formula is C10H22N2O2S. The molecule has 1 fully saturated rings. The third-order valence-corrected chi connectivity index (χ3v) is 4.27. The maximum absolute atomic E-state index is 11.7. The normalized spacial score (nSPS) is 24.1. The van der Waals surface area contributed by atoms with Crippen LogP contribution in [0.15, 0.2) is 0 Å². The van der Waals surface area contributed by atoms with Crippen LogP contribution in [0.3, 0.4) is 0 Å². The van der Waals surface area contributed by atoms with E-state index in [1.807, 2.05) is 13.8 Å². The van der Waals surface area contributed by atoms with Gasteiger partial charge >= 0.3 is 0 Å². The molecule has 1 saturated heterocycles. The van der Waals surface area contributed by atoms with Crippen LogP contribution in [0.5, 0.6) is 0 Å². The fourth-order valence-corrected chi connectivity index (χ4v) is 3.60. The van der Waals surface area contributed by atoms with Crippen molar-refractivity contribution in [3.8, 4) is 0 Å². The Kier molecular flexibility index (Phi) is 5.02. The molecule has 1 unspecified atom stereocenters. The second kappa shape index (κ2) is 5.82. The molecule has 1 aliphatic rings. The molecule has 0 spiro atoms. The Bertz CT molecular complexity index is 267. The van der Waals surface area contributed by atoms with E-state index in [0.29, 0.717) is 0 Å². The molecule has 4 nitrogen and oxygen atoms in total. The van der Waals surface area contributed by atoms with Crippen molar-refractivity contribution in [2.75, 3.05) is 18.8 Å². The topological polar surface area (TPSA) is 58.2 Å². The van der Waals surface area contributed by atoms with Crippen molar-refractivity contribution in [3.05, 3.63) is 0 Å². The molecule has 2 N–H and O–H groups in total. The lowest BCUT2D eigenvalue weighted by atomic mass is 10.1. The molecule has 1 aliphatic heterocycles. The van der Waals surface area contributed by atoms with E-state index in [2.05, 4.69) is 10.0 Å². The number of sulfonamides is 1. The number of hydrogen-bond donors (Lipinski definition) is 2. The Hall–Kier alpha value is -0.130. The predicted octanol–water partition coefficient (Wildman–Crippen LogP) is 0.704. The molecule has 5 heteroatoms. The van der Waals surface area contributed by atoms with Crippen molar-refractivity contribution in [2.45, 2.75) is 39.2 Å². The Morgan fingerprint density at radius 3 is 2.73 bits per heavy atom. The maximum Gasteiger partial charge on any atom is 0.212 e. The van der Waals surface area contributed by atoms with Gasteiger partial charge in [-0.2, -0.15) is 0 Å². The highest BCUT2D eigenvalue weighted by molar-refractivity contribution is 7.89. The fourth-order valence-electron chi connectivity index (χ4n) is 1.88. The van der Waals surface area contributed by atoms with Gasteiger partial charge in [0, 0.05) is 6.04 Å². The van der Waals surface area contributed by atoms with Gasteiger partial charge < -0.3 is 5.32 Å². The highest BCUT2D eigenvalue weighted by Gasteiger charge is 2.19. The van der Waals surface area contributed by atoms with Crippen molar-refractivity contribution in [2.24, 2.45) is 5.92 Å². The van der Waals surface area contributed by atoms with Crippen LogP contribution in [0.2, 0.25) is 0 Å². The zero-order chi connectivity index (χ0) is 11.3. The Morgan fingerprint density at radius 2 is 2.07 bits per heavy atom. The Morgan fingerprint density at radius 1 is 1.33 bits per heavy atom. The van der Waals surface area contributed by atoms with Gasteiger partial charge in [0.1, 0.15) is 0 Å². The molecule has 1 heterocycles. The lowest BCUT2D eigenvalue weighted by Crippen LogP contribution is -2.37. The molecule has 0 aromatic heterocycles. The Labute approximate surface area is 92.9 Å². The average molecular weight is 234 g/mol. The lowest BCUT2D eigenvalue weighted by Gasteiger charge is -2.16. The minimum Gasteiger partial charge on any atom is -0.317 e. The van der Waals surface area contributed by atoms with Crippen LogP contribution in [-0.2, 0) is 10.0 Å². The molecular weight excluding hydrogens is 212 g/mol. The summed E-state index contributed by atoms with van der Waals surface area (Å²) in [6.45, 7) is 5.76. The molecule has 90 valence electrons. The number of nitrogens with one attached hydrogen (secondary N) is 2. The minimum absolute atomic E-state index is 0.128. The molecule has 0 saturated carbocycles. The SMILES string of the molecule is CC(C)CS(=O)(=O)NC1CCCNCC1. The molecule has 1 rings (SSSR count). The summed E-state index contributed by atoms with van der Waals surface area (Å²) < 4.78 is 26.2. The van der Waals surface area contributed by atoms with Crippen LogP contribution in [0.25, 0.3) is 0 Å². The van der Waals surface area contributed by atoms with E-state index in [0.717, 1.165) is 32.4 Å². The second-order valence-corrected chi connectivity index (χ2v) is 6.47. The number of rotatable bonds is 4. The van der Waals surface area contributed by atoms with E-state index in [4.69, 9.17) is 0 Å². The van der Waals surface area contributed by atoms with E-state index in [1.54, 1.807) is 0 Å². The van der Waals surface area contributed by atoms with Crippen molar-refractivity contribution in [3.63, 3.8) is 0 Å². The molecule has 15 heavy (non-hydrogen) atoms. The van der Waals surface area contributed by atoms with Gasteiger partial charge in [0.2, 0.25) is 10.0 Å². The summed E-state index contributed by atoms with van der Waals surface area (Å²) in [5.41, 5.74) is 0. The van der Waals surface area contributed by atoms with Crippen LogP contribution in [0, 0.1) is 5.92 Å². The summed E-state index contributed by atoms with van der Waals surface area (Å²) >= 11 is 0. The van der Waals surface area contributed by atoms with Gasteiger partial charge in [-0.05, 0) is 38.3 Å². The first-order chi connectivity index (χ1) is 6.99. The minimum atomic E-state index is -3.07. The summed E-state index contributed by atoms with van der Waals surface area (Å²) in [4.78, 5) is 0. The Balaban J connectivity index is 2.44. The molecule has 0 aromatic rings. The largest absolute Gasteiger partial charge is 0.317 e. The van der Waals surface area contributed by atoms with Crippen LogP contribution in [0.1, 0.15) is 33.1 Å². The van der Waals surface area contributed by atoms with Gasteiger partial charge in [-0.25, -0.2) is 13.1 Å². The second-order valence-electron chi connectivity index (χ2n) is 4.67. The van der Waals surface area contributed by atoms with Gasteiger partial charge in [-0.3, -0.25) is 0 Å². The maximum atomic E-state index is 11.7. The summed E-state index contributed by atoms with van der Waals surface area (Å²) in [6.07, 6.45) is 2.90. The first-order valence-corrected chi connectivity index (χ1v) is 7.35. The summed E-state index contributed by atoms with van der Waals surface area (Å²) in [5.74, 6) is 0.420. The van der Waals surface area contributed by atoms with Crippen molar-refractivity contribution in [1.29, 1.82) is 0 Å². The van der Waals surface area contributed by atoms with Crippen molar-refractivity contribution in [1.82, 2.24) is 10.0 Å². The monoisotopic (exact) mass is 234 g/mol. The van der Waals surface area contributed by atoms with E-state index in [9.17, 15) is 8.42 Å². The van der Waals surface area contributed by atoms with Crippen molar-refractivity contribution >= 4 is 10.0 Å². The highest BCUT2D eigenvalue weighted by Crippen LogP contribution is 2.08. The predicted molar refractivity (Wildman–Crippen MR) is 62.3 cm³/mol. The number of hydrogen-bond acceptors (Lipinski definition) is 3. The van der Waals surface area contributed by atoms with Crippen LogP contribution >= 0.6 is 0 Å². The first kappa shape index (κ1) is 12.9. The molecule has 0 radical (unpaired) electrons. The van der Waals surface area contributed by atoms with E-state index in [1.165, 1.54) is 0 Å². The summed E-state index contributed by atoms with van der Waals surface area (Å²) in [7, 11) is -3.07. The van der Waals surface area contributed by atoms with Gasteiger partial charge in [0.05, 0.1) is 5.75 Å². The first-order valence-electron chi connectivity index (χ1n) is 5.70. The smallest absolute Gasteiger partial charge is 0.212 e. The zero-order valence-electron chi connectivity index (χ0n) is 9.62. The van der Waals surface area contributed by atoms with E-state index >= 15 is 0 Å². The van der Waals surface area contributed by atoms with E-state index < -0.39 is 10.0 Å². The molecule has 0 bridgehead atoms. The standard InChI is InChI=1S/C10H22N2O2S/c1-9(2)8-15(13,14)12-10-4-3-6-11-7-5-10/h9-12H,3-8H2,1-2H3. The molecule has 0 amide bonds.